The summed E-state index contributed by atoms with van der Waals surface area (Å²) in [6.07, 6.45) is -2.64. The molecule has 0 spiro atoms. The number of alkyl halides is 1. The number of carboxylic acid groups (broad SMARTS) is 1. The zero-order chi connectivity index (χ0) is 13.0. The van der Waals surface area contributed by atoms with Crippen LogP contribution in [-0.4, -0.2) is 33.3 Å². The van der Waals surface area contributed by atoms with E-state index in [1.165, 1.54) is 12.1 Å². The van der Waals surface area contributed by atoms with Gasteiger partial charge in [0, 0.05) is 11.4 Å². The van der Waals surface area contributed by atoms with Crippen LogP contribution in [0.25, 0.3) is 0 Å². The molecule has 94 valence electrons. The van der Waals surface area contributed by atoms with E-state index in [0.717, 1.165) is 6.07 Å². The van der Waals surface area contributed by atoms with Gasteiger partial charge in [0.15, 0.2) is 0 Å². The van der Waals surface area contributed by atoms with E-state index >= 15 is 0 Å². The molecular formula is C11H12ClFO4. The molecule has 0 aromatic heterocycles. The van der Waals surface area contributed by atoms with E-state index in [1.54, 1.807) is 0 Å². The lowest BCUT2D eigenvalue weighted by Crippen LogP contribution is -2.20. The Morgan fingerprint density at radius 2 is 2.06 bits per heavy atom. The van der Waals surface area contributed by atoms with Crippen molar-refractivity contribution in [1.82, 2.24) is 0 Å². The van der Waals surface area contributed by atoms with Gasteiger partial charge in [-0.05, 0) is 12.5 Å². The van der Waals surface area contributed by atoms with E-state index in [1.807, 2.05) is 0 Å². The summed E-state index contributed by atoms with van der Waals surface area (Å²) in [6.45, 7) is 0. The number of benzene rings is 1. The maximum absolute atomic E-state index is 13.7. The molecule has 2 atom stereocenters. The number of aromatic carboxylic acids is 1. The highest BCUT2D eigenvalue weighted by Crippen LogP contribution is 2.24. The lowest BCUT2D eigenvalue weighted by Gasteiger charge is -2.18. The van der Waals surface area contributed by atoms with E-state index in [0.29, 0.717) is 0 Å². The first kappa shape index (κ1) is 13.9. The molecule has 1 aromatic rings. The Balaban J connectivity index is 3.06. The summed E-state index contributed by atoms with van der Waals surface area (Å²) >= 11 is 5.39. The van der Waals surface area contributed by atoms with Gasteiger partial charge in [-0.1, -0.05) is 12.1 Å². The highest BCUT2D eigenvalue weighted by molar-refractivity contribution is 6.17. The van der Waals surface area contributed by atoms with Crippen LogP contribution in [0.15, 0.2) is 18.2 Å². The van der Waals surface area contributed by atoms with Crippen molar-refractivity contribution >= 4 is 17.6 Å². The Labute approximate surface area is 102 Å². The summed E-state index contributed by atoms with van der Waals surface area (Å²) in [5.41, 5.74) is -0.790. The Bertz CT molecular complexity index is 410. The molecule has 17 heavy (non-hydrogen) atoms. The van der Waals surface area contributed by atoms with Crippen LogP contribution in [0.2, 0.25) is 0 Å². The molecule has 1 aromatic carbocycles. The molecule has 2 unspecified atom stereocenters. The normalized spacial score (nSPS) is 14.4. The van der Waals surface area contributed by atoms with Crippen LogP contribution in [0, 0.1) is 5.82 Å². The molecule has 0 saturated heterocycles. The molecule has 0 aliphatic carbocycles. The predicted octanol–water partition coefficient (Wildman–Crippen LogP) is 1.55. The van der Waals surface area contributed by atoms with E-state index < -0.39 is 29.6 Å². The predicted molar refractivity (Wildman–Crippen MR) is 59.7 cm³/mol. The van der Waals surface area contributed by atoms with Crippen molar-refractivity contribution in [2.75, 3.05) is 5.88 Å². The number of rotatable bonds is 5. The molecule has 4 nitrogen and oxygen atoms in total. The van der Waals surface area contributed by atoms with Crippen molar-refractivity contribution in [2.24, 2.45) is 0 Å². The number of aliphatic hydroxyl groups is 2. The molecule has 0 aliphatic heterocycles. The third-order valence-electron chi connectivity index (χ3n) is 2.35. The van der Waals surface area contributed by atoms with Crippen molar-refractivity contribution in [3.63, 3.8) is 0 Å². The van der Waals surface area contributed by atoms with Crippen molar-refractivity contribution < 1.29 is 24.5 Å². The van der Waals surface area contributed by atoms with Gasteiger partial charge in [0.1, 0.15) is 11.9 Å². The molecule has 6 heteroatoms. The zero-order valence-corrected chi connectivity index (χ0v) is 9.56. The molecule has 0 fully saturated rings. The van der Waals surface area contributed by atoms with Crippen LogP contribution < -0.4 is 0 Å². The molecule has 0 amide bonds. The zero-order valence-electron chi connectivity index (χ0n) is 8.81. The molecular weight excluding hydrogens is 251 g/mol. The van der Waals surface area contributed by atoms with E-state index in [-0.39, 0.29) is 17.9 Å². The van der Waals surface area contributed by atoms with Gasteiger partial charge in [0.05, 0.1) is 11.7 Å². The van der Waals surface area contributed by atoms with Crippen LogP contribution >= 0.6 is 11.6 Å². The number of carboxylic acids is 1. The smallest absolute Gasteiger partial charge is 0.338 e. The van der Waals surface area contributed by atoms with Gasteiger partial charge in [-0.25, -0.2) is 9.18 Å². The fourth-order valence-electron chi connectivity index (χ4n) is 1.42. The lowest BCUT2D eigenvalue weighted by atomic mass is 9.99. The summed E-state index contributed by atoms with van der Waals surface area (Å²) in [5.74, 6) is -2.36. The first-order valence-electron chi connectivity index (χ1n) is 4.92. The van der Waals surface area contributed by atoms with Gasteiger partial charge in [-0.3, -0.25) is 0 Å². The van der Waals surface area contributed by atoms with Crippen LogP contribution in [0.3, 0.4) is 0 Å². The number of hydrogen-bond donors (Lipinski definition) is 3. The molecule has 0 heterocycles. The second-order valence-corrected chi connectivity index (χ2v) is 3.88. The van der Waals surface area contributed by atoms with Crippen LogP contribution in [0.5, 0.6) is 0 Å². The Hall–Kier alpha value is -1.17. The third kappa shape index (κ3) is 3.15. The number of aliphatic hydroxyl groups excluding tert-OH is 2. The van der Waals surface area contributed by atoms with Crippen LogP contribution in [0.1, 0.15) is 28.4 Å². The molecule has 0 radical (unpaired) electrons. The van der Waals surface area contributed by atoms with Gasteiger partial charge >= 0.3 is 5.97 Å². The lowest BCUT2D eigenvalue weighted by molar-refractivity contribution is 0.0147. The summed E-state index contributed by atoms with van der Waals surface area (Å²) in [6, 6.07) is 3.62. The van der Waals surface area contributed by atoms with E-state index in [9.17, 15) is 19.4 Å². The van der Waals surface area contributed by atoms with E-state index in [2.05, 4.69) is 0 Å². The van der Waals surface area contributed by atoms with E-state index in [4.69, 9.17) is 16.7 Å². The highest BCUT2D eigenvalue weighted by atomic mass is 35.5. The molecule has 0 saturated carbocycles. The average molecular weight is 263 g/mol. The van der Waals surface area contributed by atoms with Gasteiger partial charge in [-0.2, -0.15) is 0 Å². The van der Waals surface area contributed by atoms with Crippen LogP contribution in [0.4, 0.5) is 4.39 Å². The summed E-state index contributed by atoms with van der Waals surface area (Å²) in [4.78, 5) is 10.7. The molecule has 1 rings (SSSR count). The fraction of sp³-hybridized carbons (Fsp3) is 0.364. The maximum atomic E-state index is 13.7. The first-order valence-corrected chi connectivity index (χ1v) is 5.46. The second-order valence-electron chi connectivity index (χ2n) is 3.50. The molecule has 0 aliphatic rings. The van der Waals surface area contributed by atoms with Gasteiger partial charge < -0.3 is 15.3 Å². The summed E-state index contributed by atoms with van der Waals surface area (Å²) in [5, 5.41) is 27.9. The minimum absolute atomic E-state index is 0.0828. The van der Waals surface area contributed by atoms with Gasteiger partial charge in [0.2, 0.25) is 0 Å². The summed E-state index contributed by atoms with van der Waals surface area (Å²) in [7, 11) is 0. The first-order chi connectivity index (χ1) is 7.99. The SMILES string of the molecule is O=C(O)c1cccc(C(O)C(O)CCCl)c1F. The van der Waals surface area contributed by atoms with Gasteiger partial charge in [0.25, 0.3) is 0 Å². The Morgan fingerprint density at radius 3 is 2.59 bits per heavy atom. The fourth-order valence-corrected chi connectivity index (χ4v) is 1.64. The summed E-state index contributed by atoms with van der Waals surface area (Å²) < 4.78 is 13.7. The van der Waals surface area contributed by atoms with Crippen molar-refractivity contribution in [2.45, 2.75) is 18.6 Å². The maximum Gasteiger partial charge on any atom is 0.338 e. The standard InChI is InChI=1S/C11H12ClFO4/c12-5-4-8(14)10(15)6-2-1-3-7(9(6)13)11(16)17/h1-3,8,10,14-15H,4-5H2,(H,16,17). The second kappa shape index (κ2) is 5.95. The Kier molecular flexibility index (Phi) is 4.86. The highest BCUT2D eigenvalue weighted by Gasteiger charge is 2.24. The van der Waals surface area contributed by atoms with Crippen molar-refractivity contribution in [1.29, 1.82) is 0 Å². The van der Waals surface area contributed by atoms with Gasteiger partial charge in [-0.15, -0.1) is 11.6 Å². The Morgan fingerprint density at radius 1 is 1.41 bits per heavy atom. The average Bonchev–Trinajstić information content (AvgIpc) is 2.28. The monoisotopic (exact) mass is 262 g/mol. The van der Waals surface area contributed by atoms with Crippen molar-refractivity contribution in [3.05, 3.63) is 35.1 Å². The molecule has 3 N–H and O–H groups in total. The number of halogens is 2. The number of hydrogen-bond acceptors (Lipinski definition) is 3. The van der Waals surface area contributed by atoms with Crippen LogP contribution in [-0.2, 0) is 0 Å². The van der Waals surface area contributed by atoms with Crippen molar-refractivity contribution in [3.8, 4) is 0 Å². The number of carbonyl (C=O) groups is 1. The minimum atomic E-state index is -1.49. The third-order valence-corrected chi connectivity index (χ3v) is 2.57. The molecule has 0 bridgehead atoms. The topological polar surface area (TPSA) is 77.8 Å². The minimum Gasteiger partial charge on any atom is -0.478 e. The quantitative estimate of drug-likeness (QED) is 0.704. The largest absolute Gasteiger partial charge is 0.478 e.